The van der Waals surface area contributed by atoms with Crippen LogP contribution in [0.3, 0.4) is 0 Å². The summed E-state index contributed by atoms with van der Waals surface area (Å²) in [5.74, 6) is 0.0209. The van der Waals surface area contributed by atoms with Crippen LogP contribution in [-0.2, 0) is 12.0 Å². The zero-order valence-electron chi connectivity index (χ0n) is 18.0. The second-order valence-electron chi connectivity index (χ2n) is 9.07. The number of nitrogens with one attached hydrogen (secondary N) is 1. The van der Waals surface area contributed by atoms with E-state index in [9.17, 15) is 4.79 Å². The molecule has 3 heterocycles. The minimum Gasteiger partial charge on any atom is -0.361 e. The molecule has 2 aromatic carbocycles. The van der Waals surface area contributed by atoms with Gasteiger partial charge in [0.25, 0.3) is 0 Å². The van der Waals surface area contributed by atoms with Crippen molar-refractivity contribution in [3.05, 3.63) is 102 Å². The Kier molecular flexibility index (Phi) is 4.51. The highest BCUT2D eigenvalue weighted by Gasteiger charge is 2.20. The molecule has 0 saturated heterocycles. The van der Waals surface area contributed by atoms with Gasteiger partial charge in [0.15, 0.2) is 0 Å². The van der Waals surface area contributed by atoms with Crippen LogP contribution in [0.15, 0.2) is 79.1 Å². The lowest BCUT2D eigenvalue weighted by Crippen LogP contribution is -2.12. The molecule has 3 aromatic heterocycles. The Balaban J connectivity index is 1.67. The van der Waals surface area contributed by atoms with Gasteiger partial charge < -0.3 is 9.55 Å². The van der Waals surface area contributed by atoms with Gasteiger partial charge in [0, 0.05) is 39.8 Å². The van der Waals surface area contributed by atoms with E-state index in [1.807, 2.05) is 54.7 Å². The Hall–Kier alpha value is -3.66. The lowest BCUT2D eigenvalue weighted by Gasteiger charge is -2.19. The Labute approximate surface area is 181 Å². The highest BCUT2D eigenvalue weighted by molar-refractivity contribution is 6.12. The first-order chi connectivity index (χ1) is 14.9. The van der Waals surface area contributed by atoms with Crippen LogP contribution < -0.4 is 0 Å². The Morgan fingerprint density at radius 1 is 0.968 bits per heavy atom. The van der Waals surface area contributed by atoms with E-state index in [4.69, 9.17) is 0 Å². The SMILES string of the molecule is CC(C)(C)c1ccc2c(c1)cc(C(=O)c1ccc3[nH]ccc3c1)n2Cc1ccccn1. The highest BCUT2D eigenvalue weighted by atomic mass is 16.1. The van der Waals surface area contributed by atoms with Gasteiger partial charge in [-0.15, -0.1) is 0 Å². The van der Waals surface area contributed by atoms with Crippen LogP contribution in [0.25, 0.3) is 21.8 Å². The van der Waals surface area contributed by atoms with Crippen LogP contribution in [0.5, 0.6) is 0 Å². The molecule has 31 heavy (non-hydrogen) atoms. The zero-order valence-corrected chi connectivity index (χ0v) is 18.0. The fourth-order valence-corrected chi connectivity index (χ4v) is 4.09. The predicted molar refractivity (Wildman–Crippen MR) is 126 cm³/mol. The summed E-state index contributed by atoms with van der Waals surface area (Å²) in [6.45, 7) is 7.16. The van der Waals surface area contributed by atoms with Crippen LogP contribution in [0.4, 0.5) is 0 Å². The van der Waals surface area contributed by atoms with Crippen LogP contribution in [0.1, 0.15) is 48.1 Å². The summed E-state index contributed by atoms with van der Waals surface area (Å²) in [4.78, 5) is 21.3. The molecule has 0 fully saturated rings. The van der Waals surface area contributed by atoms with E-state index >= 15 is 0 Å². The highest BCUT2D eigenvalue weighted by Crippen LogP contribution is 2.30. The molecule has 0 atom stereocenters. The number of fused-ring (bicyclic) bond motifs is 2. The second-order valence-corrected chi connectivity index (χ2v) is 9.07. The number of carbonyl (C=O) groups excluding carboxylic acids is 1. The van der Waals surface area contributed by atoms with Gasteiger partial charge in [-0.3, -0.25) is 9.78 Å². The molecule has 0 aliphatic heterocycles. The molecule has 0 aliphatic carbocycles. The molecular weight excluding hydrogens is 382 g/mol. The lowest BCUT2D eigenvalue weighted by molar-refractivity contribution is 0.103. The van der Waals surface area contributed by atoms with Crippen molar-refractivity contribution in [3.63, 3.8) is 0 Å². The van der Waals surface area contributed by atoms with Gasteiger partial charge in [-0.2, -0.15) is 0 Å². The summed E-state index contributed by atoms with van der Waals surface area (Å²) in [5.41, 5.74) is 5.67. The van der Waals surface area contributed by atoms with E-state index in [0.717, 1.165) is 27.5 Å². The van der Waals surface area contributed by atoms with Gasteiger partial charge in [-0.05, 0) is 65.6 Å². The third kappa shape index (κ3) is 3.55. The third-order valence-electron chi connectivity index (χ3n) is 5.86. The van der Waals surface area contributed by atoms with Gasteiger partial charge in [0.05, 0.1) is 17.9 Å². The van der Waals surface area contributed by atoms with Crippen molar-refractivity contribution in [2.75, 3.05) is 0 Å². The quantitative estimate of drug-likeness (QED) is 0.366. The number of aromatic amines is 1. The first-order valence-electron chi connectivity index (χ1n) is 10.6. The largest absolute Gasteiger partial charge is 0.361 e. The molecule has 4 heteroatoms. The molecule has 0 spiro atoms. The molecule has 0 saturated carbocycles. The van der Waals surface area contributed by atoms with Crippen molar-refractivity contribution < 1.29 is 4.79 Å². The van der Waals surface area contributed by atoms with E-state index in [2.05, 4.69) is 53.5 Å². The van der Waals surface area contributed by atoms with E-state index in [1.54, 1.807) is 6.20 Å². The number of pyridine rings is 1. The summed E-state index contributed by atoms with van der Waals surface area (Å²) < 4.78 is 2.09. The topological polar surface area (TPSA) is 50.7 Å². The maximum Gasteiger partial charge on any atom is 0.209 e. The molecule has 154 valence electrons. The molecule has 0 unspecified atom stereocenters. The van der Waals surface area contributed by atoms with Crippen molar-refractivity contribution in [2.45, 2.75) is 32.7 Å². The van der Waals surface area contributed by atoms with Crippen molar-refractivity contribution in [3.8, 4) is 0 Å². The summed E-state index contributed by atoms with van der Waals surface area (Å²) in [6, 6.07) is 22.2. The second kappa shape index (κ2) is 7.24. The first-order valence-corrected chi connectivity index (χ1v) is 10.6. The van der Waals surface area contributed by atoms with Crippen LogP contribution >= 0.6 is 0 Å². The average Bonchev–Trinajstić information content (AvgIpc) is 3.37. The van der Waals surface area contributed by atoms with Crippen molar-refractivity contribution in [2.24, 2.45) is 0 Å². The summed E-state index contributed by atoms with van der Waals surface area (Å²) in [7, 11) is 0. The standard InChI is InChI=1S/C27H25N3O/c1-27(2,3)21-8-10-24-20(15-21)16-25(30(24)17-22-6-4-5-12-28-22)26(31)19-7-9-23-18(14-19)11-13-29-23/h4-16,29H,17H2,1-3H3. The number of hydrogen-bond acceptors (Lipinski definition) is 2. The van der Waals surface area contributed by atoms with Crippen LogP contribution in [0, 0.1) is 0 Å². The molecule has 0 aliphatic rings. The molecule has 1 N–H and O–H groups in total. The number of H-pyrrole nitrogens is 1. The third-order valence-corrected chi connectivity index (χ3v) is 5.86. The predicted octanol–water partition coefficient (Wildman–Crippen LogP) is 6.09. The number of ketones is 1. The minimum atomic E-state index is 0.0209. The van der Waals surface area contributed by atoms with Crippen LogP contribution in [0.2, 0.25) is 0 Å². The molecule has 5 rings (SSSR count). The number of carbonyl (C=O) groups is 1. The van der Waals surface area contributed by atoms with E-state index in [-0.39, 0.29) is 11.2 Å². The van der Waals surface area contributed by atoms with Crippen molar-refractivity contribution in [1.29, 1.82) is 0 Å². The minimum absolute atomic E-state index is 0.0209. The fourth-order valence-electron chi connectivity index (χ4n) is 4.09. The lowest BCUT2D eigenvalue weighted by atomic mass is 9.86. The number of rotatable bonds is 4. The molecule has 4 nitrogen and oxygen atoms in total. The zero-order chi connectivity index (χ0) is 21.6. The van der Waals surface area contributed by atoms with Gasteiger partial charge >= 0.3 is 0 Å². The van der Waals surface area contributed by atoms with Gasteiger partial charge in [0.2, 0.25) is 5.78 Å². The maximum atomic E-state index is 13.6. The summed E-state index contributed by atoms with van der Waals surface area (Å²) in [6.07, 6.45) is 3.69. The maximum absolute atomic E-state index is 13.6. The molecule has 0 bridgehead atoms. The Morgan fingerprint density at radius 3 is 2.61 bits per heavy atom. The molecule has 5 aromatic rings. The van der Waals surface area contributed by atoms with E-state index < -0.39 is 0 Å². The molecule has 0 radical (unpaired) electrons. The van der Waals surface area contributed by atoms with Crippen molar-refractivity contribution in [1.82, 2.24) is 14.5 Å². The number of aromatic nitrogens is 3. The van der Waals surface area contributed by atoms with Gasteiger partial charge in [-0.1, -0.05) is 32.9 Å². The van der Waals surface area contributed by atoms with Crippen LogP contribution in [-0.4, -0.2) is 20.3 Å². The van der Waals surface area contributed by atoms with Crippen molar-refractivity contribution >= 4 is 27.6 Å². The Morgan fingerprint density at radius 2 is 1.84 bits per heavy atom. The first kappa shape index (κ1) is 19.3. The summed E-state index contributed by atoms with van der Waals surface area (Å²) >= 11 is 0. The number of nitrogens with zero attached hydrogens (tertiary/aromatic N) is 2. The smallest absolute Gasteiger partial charge is 0.209 e. The van der Waals surface area contributed by atoms with Gasteiger partial charge in [-0.25, -0.2) is 0 Å². The average molecular weight is 408 g/mol. The number of benzene rings is 2. The van der Waals surface area contributed by atoms with E-state index in [0.29, 0.717) is 17.8 Å². The fraction of sp³-hybridized carbons (Fsp3) is 0.185. The van der Waals surface area contributed by atoms with Gasteiger partial charge in [0.1, 0.15) is 0 Å². The Bertz CT molecular complexity index is 1400. The normalized spacial score (nSPS) is 12.0. The monoisotopic (exact) mass is 407 g/mol. The number of hydrogen-bond donors (Lipinski definition) is 1. The van der Waals surface area contributed by atoms with E-state index in [1.165, 1.54) is 5.56 Å². The summed E-state index contributed by atoms with van der Waals surface area (Å²) in [5, 5.41) is 2.11. The molecule has 0 amide bonds. The molecular formula is C27H25N3O.